The van der Waals surface area contributed by atoms with E-state index >= 15 is 0 Å². The summed E-state index contributed by atoms with van der Waals surface area (Å²) in [7, 11) is 0. The van der Waals surface area contributed by atoms with E-state index in [2.05, 4.69) is 36.1 Å². The number of anilines is 1. The SMILES string of the molecule is Cc1ccc(N2CCC(CN)(CF)CC2)cc1. The van der Waals surface area contributed by atoms with Gasteiger partial charge in [-0.05, 0) is 31.9 Å². The number of piperidine rings is 1. The number of nitrogens with zero attached hydrogens (tertiary/aromatic N) is 1. The van der Waals surface area contributed by atoms with Crippen LogP contribution in [0.1, 0.15) is 18.4 Å². The number of nitrogens with two attached hydrogens (primary N) is 1. The average molecular weight is 236 g/mol. The van der Waals surface area contributed by atoms with Crippen molar-refractivity contribution < 1.29 is 4.39 Å². The Balaban J connectivity index is 2.01. The molecule has 1 heterocycles. The van der Waals surface area contributed by atoms with E-state index in [1.807, 2.05) is 0 Å². The van der Waals surface area contributed by atoms with Crippen molar-refractivity contribution in [1.82, 2.24) is 0 Å². The molecule has 0 atom stereocenters. The van der Waals surface area contributed by atoms with Gasteiger partial charge in [-0.15, -0.1) is 0 Å². The van der Waals surface area contributed by atoms with Crippen LogP contribution in [0.5, 0.6) is 0 Å². The zero-order chi connectivity index (χ0) is 12.3. The van der Waals surface area contributed by atoms with Gasteiger partial charge in [-0.3, -0.25) is 4.39 Å². The second-order valence-electron chi connectivity index (χ2n) is 5.16. The van der Waals surface area contributed by atoms with Gasteiger partial charge >= 0.3 is 0 Å². The Bertz CT molecular complexity index is 347. The van der Waals surface area contributed by atoms with E-state index < -0.39 is 0 Å². The summed E-state index contributed by atoms with van der Waals surface area (Å²) in [4.78, 5) is 2.32. The summed E-state index contributed by atoms with van der Waals surface area (Å²) < 4.78 is 13.0. The highest BCUT2D eigenvalue weighted by Crippen LogP contribution is 2.32. The average Bonchev–Trinajstić information content (AvgIpc) is 2.40. The summed E-state index contributed by atoms with van der Waals surface area (Å²) in [5, 5.41) is 0. The summed E-state index contributed by atoms with van der Waals surface area (Å²) in [5.74, 6) is 0. The molecule has 0 spiro atoms. The molecule has 0 saturated carbocycles. The van der Waals surface area contributed by atoms with Crippen molar-refractivity contribution in [1.29, 1.82) is 0 Å². The van der Waals surface area contributed by atoms with E-state index in [0.29, 0.717) is 6.54 Å². The van der Waals surface area contributed by atoms with Crippen LogP contribution in [0.4, 0.5) is 10.1 Å². The van der Waals surface area contributed by atoms with Gasteiger partial charge in [0.1, 0.15) is 0 Å². The van der Waals surface area contributed by atoms with Crippen LogP contribution < -0.4 is 10.6 Å². The largest absolute Gasteiger partial charge is 0.371 e. The highest BCUT2D eigenvalue weighted by molar-refractivity contribution is 5.47. The maximum atomic E-state index is 13.0. The Hall–Kier alpha value is -1.09. The molecular weight excluding hydrogens is 215 g/mol. The molecule has 0 aromatic heterocycles. The van der Waals surface area contributed by atoms with Crippen LogP contribution in [0, 0.1) is 12.3 Å². The van der Waals surface area contributed by atoms with Gasteiger partial charge < -0.3 is 10.6 Å². The molecule has 1 aromatic carbocycles. The van der Waals surface area contributed by atoms with Crippen LogP contribution >= 0.6 is 0 Å². The summed E-state index contributed by atoms with van der Waals surface area (Å²) >= 11 is 0. The van der Waals surface area contributed by atoms with Gasteiger partial charge in [0.2, 0.25) is 0 Å². The standard InChI is InChI=1S/C14H21FN2/c1-12-2-4-13(5-3-12)17-8-6-14(10-15,11-16)7-9-17/h2-5H,6-11,16H2,1H3. The molecule has 1 aliphatic rings. The van der Waals surface area contributed by atoms with Crippen LogP contribution in [0.2, 0.25) is 0 Å². The molecule has 2 nitrogen and oxygen atoms in total. The first-order valence-corrected chi connectivity index (χ1v) is 6.27. The van der Waals surface area contributed by atoms with Gasteiger partial charge in [0.15, 0.2) is 0 Å². The first-order chi connectivity index (χ1) is 8.19. The molecule has 2 rings (SSSR count). The Morgan fingerprint density at radius 2 is 1.82 bits per heavy atom. The van der Waals surface area contributed by atoms with Gasteiger partial charge in [0.25, 0.3) is 0 Å². The molecule has 0 aliphatic carbocycles. The molecule has 0 bridgehead atoms. The molecule has 1 saturated heterocycles. The third-order valence-corrected chi connectivity index (χ3v) is 3.94. The summed E-state index contributed by atoms with van der Waals surface area (Å²) in [5.41, 5.74) is 7.94. The topological polar surface area (TPSA) is 29.3 Å². The minimum Gasteiger partial charge on any atom is -0.371 e. The molecule has 2 N–H and O–H groups in total. The third-order valence-electron chi connectivity index (χ3n) is 3.94. The van der Waals surface area contributed by atoms with Gasteiger partial charge in [0, 0.05) is 30.7 Å². The maximum absolute atomic E-state index is 13.0. The highest BCUT2D eigenvalue weighted by atomic mass is 19.1. The fourth-order valence-corrected chi connectivity index (χ4v) is 2.39. The van der Waals surface area contributed by atoms with Crippen molar-refractivity contribution in [2.24, 2.45) is 11.1 Å². The first kappa shape index (κ1) is 12.4. The molecule has 0 amide bonds. The van der Waals surface area contributed by atoms with E-state index in [4.69, 9.17) is 5.73 Å². The lowest BCUT2D eigenvalue weighted by molar-refractivity contribution is 0.168. The zero-order valence-electron chi connectivity index (χ0n) is 10.5. The Kier molecular flexibility index (Phi) is 3.67. The number of halogens is 1. The lowest BCUT2D eigenvalue weighted by Crippen LogP contribution is -2.45. The second kappa shape index (κ2) is 5.05. The molecule has 94 valence electrons. The Labute approximate surface area is 103 Å². The normalized spacial score (nSPS) is 19.4. The van der Waals surface area contributed by atoms with E-state index in [9.17, 15) is 4.39 Å². The van der Waals surface area contributed by atoms with Crippen molar-refractivity contribution in [2.75, 3.05) is 31.2 Å². The van der Waals surface area contributed by atoms with Gasteiger partial charge in [-0.2, -0.15) is 0 Å². The predicted octanol–water partition coefficient (Wildman–Crippen LogP) is 2.51. The Morgan fingerprint density at radius 3 is 2.29 bits per heavy atom. The number of hydrogen-bond donors (Lipinski definition) is 1. The maximum Gasteiger partial charge on any atom is 0.0964 e. The third kappa shape index (κ3) is 2.60. The lowest BCUT2D eigenvalue weighted by atomic mass is 9.79. The summed E-state index contributed by atoms with van der Waals surface area (Å²) in [6, 6.07) is 8.52. The molecule has 0 unspecified atom stereocenters. The van der Waals surface area contributed by atoms with Crippen molar-refractivity contribution in [3.8, 4) is 0 Å². The fraction of sp³-hybridized carbons (Fsp3) is 0.571. The second-order valence-corrected chi connectivity index (χ2v) is 5.16. The van der Waals surface area contributed by atoms with E-state index in [1.54, 1.807) is 0 Å². The number of alkyl halides is 1. The van der Waals surface area contributed by atoms with E-state index in [-0.39, 0.29) is 12.1 Å². The molecule has 0 radical (unpaired) electrons. The summed E-state index contributed by atoms with van der Waals surface area (Å²) in [6.07, 6.45) is 1.71. The van der Waals surface area contributed by atoms with E-state index in [0.717, 1.165) is 25.9 Å². The smallest absolute Gasteiger partial charge is 0.0964 e. The van der Waals surface area contributed by atoms with Gasteiger partial charge in [-0.25, -0.2) is 0 Å². The number of hydrogen-bond acceptors (Lipinski definition) is 2. The van der Waals surface area contributed by atoms with Gasteiger partial charge in [-0.1, -0.05) is 17.7 Å². The molecule has 1 fully saturated rings. The lowest BCUT2D eigenvalue weighted by Gasteiger charge is -2.40. The van der Waals surface area contributed by atoms with Crippen LogP contribution in [0.15, 0.2) is 24.3 Å². The van der Waals surface area contributed by atoms with Crippen molar-refractivity contribution in [3.05, 3.63) is 29.8 Å². The zero-order valence-corrected chi connectivity index (χ0v) is 10.5. The predicted molar refractivity (Wildman–Crippen MR) is 70.1 cm³/mol. The monoisotopic (exact) mass is 236 g/mol. The van der Waals surface area contributed by atoms with Gasteiger partial charge in [0.05, 0.1) is 6.67 Å². The number of benzene rings is 1. The minimum absolute atomic E-state index is 0.263. The fourth-order valence-electron chi connectivity index (χ4n) is 2.39. The van der Waals surface area contributed by atoms with Crippen molar-refractivity contribution in [2.45, 2.75) is 19.8 Å². The molecule has 1 aromatic rings. The van der Waals surface area contributed by atoms with Crippen molar-refractivity contribution >= 4 is 5.69 Å². The first-order valence-electron chi connectivity index (χ1n) is 6.27. The van der Waals surface area contributed by atoms with Crippen molar-refractivity contribution in [3.63, 3.8) is 0 Å². The highest BCUT2D eigenvalue weighted by Gasteiger charge is 2.33. The molecule has 3 heteroatoms. The summed E-state index contributed by atoms with van der Waals surface area (Å²) in [6.45, 7) is 4.08. The molecule has 17 heavy (non-hydrogen) atoms. The quantitative estimate of drug-likeness (QED) is 0.873. The number of rotatable bonds is 3. The Morgan fingerprint density at radius 1 is 1.24 bits per heavy atom. The van der Waals surface area contributed by atoms with Crippen LogP contribution in [-0.4, -0.2) is 26.3 Å². The molecular formula is C14H21FN2. The van der Waals surface area contributed by atoms with Crippen LogP contribution in [0.3, 0.4) is 0 Å². The van der Waals surface area contributed by atoms with Crippen LogP contribution in [-0.2, 0) is 0 Å². The van der Waals surface area contributed by atoms with Crippen LogP contribution in [0.25, 0.3) is 0 Å². The number of aryl methyl sites for hydroxylation is 1. The minimum atomic E-state index is -0.286. The molecule has 1 aliphatic heterocycles. The van der Waals surface area contributed by atoms with E-state index in [1.165, 1.54) is 11.3 Å².